The monoisotopic (exact) mass is 402 g/mol. The van der Waals surface area contributed by atoms with E-state index in [-0.39, 0.29) is 24.3 Å². The first-order chi connectivity index (χ1) is 13.7. The lowest BCUT2D eigenvalue weighted by Gasteiger charge is -2.32. The van der Waals surface area contributed by atoms with Gasteiger partial charge in [0.1, 0.15) is 5.75 Å². The van der Waals surface area contributed by atoms with Gasteiger partial charge in [-0.2, -0.15) is 0 Å². The molecule has 1 N–H and O–H groups in total. The van der Waals surface area contributed by atoms with Gasteiger partial charge in [0.15, 0.2) is 6.61 Å². The molecule has 0 bridgehead atoms. The van der Waals surface area contributed by atoms with Gasteiger partial charge in [-0.25, -0.2) is 0 Å². The molecule has 2 fully saturated rings. The topological polar surface area (TPSA) is 80.5 Å². The molecule has 0 spiro atoms. The third-order valence-electron chi connectivity index (χ3n) is 5.12. The van der Waals surface area contributed by atoms with Gasteiger partial charge < -0.3 is 19.4 Å². The van der Waals surface area contributed by atoms with Crippen molar-refractivity contribution < 1.29 is 13.9 Å². The Morgan fingerprint density at radius 2 is 1.96 bits per heavy atom. The van der Waals surface area contributed by atoms with Crippen LogP contribution in [0.15, 0.2) is 33.9 Å². The van der Waals surface area contributed by atoms with Crippen LogP contribution < -0.4 is 10.1 Å². The number of aryl methyl sites for hydroxylation is 1. The number of nitrogens with zero attached hydrogens (tertiary/aromatic N) is 3. The molecule has 0 atom stereocenters. The molecule has 1 aliphatic carbocycles. The lowest BCUT2D eigenvalue weighted by atomic mass is 10.1. The molecule has 0 radical (unpaired) electrons. The number of ether oxygens (including phenoxy) is 1. The van der Waals surface area contributed by atoms with E-state index in [2.05, 4.69) is 20.4 Å². The molecule has 1 saturated carbocycles. The van der Waals surface area contributed by atoms with E-state index < -0.39 is 0 Å². The van der Waals surface area contributed by atoms with Crippen LogP contribution in [0.3, 0.4) is 0 Å². The van der Waals surface area contributed by atoms with Crippen LogP contribution in [0, 0.1) is 6.92 Å². The molecular weight excluding hydrogens is 376 g/mol. The molecular formula is C20H26N4O3S. The average Bonchev–Trinajstić information content (AvgIpc) is 3.45. The molecule has 28 heavy (non-hydrogen) atoms. The maximum atomic E-state index is 12.2. The summed E-state index contributed by atoms with van der Waals surface area (Å²) < 4.78 is 11.2. The zero-order valence-electron chi connectivity index (χ0n) is 16.1. The minimum absolute atomic E-state index is 0.0190. The van der Waals surface area contributed by atoms with E-state index in [1.54, 1.807) is 0 Å². The van der Waals surface area contributed by atoms with Gasteiger partial charge in [0, 0.05) is 25.2 Å². The number of carbonyl (C=O) groups is 1. The smallest absolute Gasteiger partial charge is 0.277 e. The van der Waals surface area contributed by atoms with E-state index in [0.29, 0.717) is 11.1 Å². The van der Waals surface area contributed by atoms with Gasteiger partial charge in [-0.3, -0.25) is 4.79 Å². The molecule has 0 unspecified atom stereocenters. The zero-order valence-corrected chi connectivity index (χ0v) is 16.9. The van der Waals surface area contributed by atoms with E-state index in [0.717, 1.165) is 37.7 Å². The standard InChI is InChI=1S/C20H26N4O3S/c1-14-2-6-17(7-3-14)26-12-19-22-23-20(27-19)28-13-18(25)21-15-8-10-24(11-9-15)16-4-5-16/h2-3,6-7,15-16H,4-5,8-13H2,1H3,(H,21,25). The van der Waals surface area contributed by atoms with Crippen molar-refractivity contribution in [1.29, 1.82) is 0 Å². The van der Waals surface area contributed by atoms with Crippen molar-refractivity contribution in [3.05, 3.63) is 35.7 Å². The Morgan fingerprint density at radius 1 is 1.21 bits per heavy atom. The first kappa shape index (κ1) is 19.3. The Balaban J connectivity index is 1.15. The molecule has 1 aromatic heterocycles. The molecule has 150 valence electrons. The fraction of sp³-hybridized carbons (Fsp3) is 0.550. The summed E-state index contributed by atoms with van der Waals surface area (Å²) in [5, 5.41) is 11.5. The van der Waals surface area contributed by atoms with Crippen LogP contribution in [-0.4, -0.2) is 51.9 Å². The Labute approximate surface area is 169 Å². The Hall–Kier alpha value is -2.06. The first-order valence-corrected chi connectivity index (χ1v) is 10.8. The number of benzene rings is 1. The molecule has 2 heterocycles. The van der Waals surface area contributed by atoms with Crippen molar-refractivity contribution >= 4 is 17.7 Å². The number of carbonyl (C=O) groups excluding carboxylic acids is 1. The molecule has 2 aliphatic rings. The van der Waals surface area contributed by atoms with Crippen LogP contribution in [0.4, 0.5) is 0 Å². The fourth-order valence-electron chi connectivity index (χ4n) is 3.38. The second kappa shape index (κ2) is 8.96. The molecule has 1 aromatic carbocycles. The van der Waals surface area contributed by atoms with Crippen LogP contribution in [-0.2, 0) is 11.4 Å². The number of nitrogens with one attached hydrogen (secondary N) is 1. The quantitative estimate of drug-likeness (QED) is 0.680. The Kier molecular flexibility index (Phi) is 6.17. The molecule has 1 amide bonds. The van der Waals surface area contributed by atoms with Gasteiger partial charge in [-0.15, -0.1) is 10.2 Å². The Morgan fingerprint density at radius 3 is 2.68 bits per heavy atom. The summed E-state index contributed by atoms with van der Waals surface area (Å²) in [6.45, 7) is 4.43. The summed E-state index contributed by atoms with van der Waals surface area (Å²) in [5.74, 6) is 1.45. The molecule has 8 heteroatoms. The summed E-state index contributed by atoms with van der Waals surface area (Å²) in [5.41, 5.74) is 1.18. The minimum atomic E-state index is 0.0190. The predicted molar refractivity (Wildman–Crippen MR) is 106 cm³/mol. The molecule has 2 aromatic rings. The van der Waals surface area contributed by atoms with Crippen molar-refractivity contribution in [3.8, 4) is 5.75 Å². The number of thioether (sulfide) groups is 1. The van der Waals surface area contributed by atoms with Crippen molar-refractivity contribution in [2.75, 3.05) is 18.8 Å². The molecule has 1 aliphatic heterocycles. The summed E-state index contributed by atoms with van der Waals surface area (Å²) in [4.78, 5) is 14.7. The summed E-state index contributed by atoms with van der Waals surface area (Å²) >= 11 is 1.26. The number of piperidine rings is 1. The minimum Gasteiger partial charge on any atom is -0.484 e. The second-order valence-corrected chi connectivity index (χ2v) is 8.39. The van der Waals surface area contributed by atoms with Crippen molar-refractivity contribution in [2.45, 2.75) is 56.5 Å². The highest BCUT2D eigenvalue weighted by Crippen LogP contribution is 2.29. The van der Waals surface area contributed by atoms with Gasteiger partial charge in [0.25, 0.3) is 11.1 Å². The normalized spacial score (nSPS) is 18.2. The largest absolute Gasteiger partial charge is 0.484 e. The number of likely N-dealkylation sites (tertiary alicyclic amines) is 1. The molecule has 4 rings (SSSR count). The highest BCUT2D eigenvalue weighted by molar-refractivity contribution is 7.99. The fourth-order valence-corrected chi connectivity index (χ4v) is 3.97. The van der Waals surface area contributed by atoms with E-state index in [1.807, 2.05) is 31.2 Å². The van der Waals surface area contributed by atoms with Crippen molar-refractivity contribution in [1.82, 2.24) is 20.4 Å². The van der Waals surface area contributed by atoms with E-state index in [9.17, 15) is 4.79 Å². The zero-order chi connectivity index (χ0) is 19.3. The van der Waals surface area contributed by atoms with Gasteiger partial charge >= 0.3 is 0 Å². The third-order valence-corrected chi connectivity index (χ3v) is 5.93. The summed E-state index contributed by atoms with van der Waals surface area (Å²) in [6, 6.07) is 8.87. The van der Waals surface area contributed by atoms with Gasteiger partial charge in [-0.05, 0) is 44.7 Å². The maximum Gasteiger partial charge on any atom is 0.277 e. The van der Waals surface area contributed by atoms with Gasteiger partial charge in [-0.1, -0.05) is 29.5 Å². The van der Waals surface area contributed by atoms with E-state index >= 15 is 0 Å². The van der Waals surface area contributed by atoms with Crippen LogP contribution >= 0.6 is 11.8 Å². The average molecular weight is 403 g/mol. The Bertz CT molecular complexity index is 783. The SMILES string of the molecule is Cc1ccc(OCc2nnc(SCC(=O)NC3CCN(C4CC4)CC3)o2)cc1. The number of amides is 1. The van der Waals surface area contributed by atoms with E-state index in [4.69, 9.17) is 9.15 Å². The van der Waals surface area contributed by atoms with Gasteiger partial charge in [0.2, 0.25) is 5.91 Å². The van der Waals surface area contributed by atoms with Crippen LogP contribution in [0.2, 0.25) is 0 Å². The highest BCUT2D eigenvalue weighted by Gasteiger charge is 2.32. The number of aromatic nitrogens is 2. The number of rotatable bonds is 8. The number of hydrogen-bond acceptors (Lipinski definition) is 7. The van der Waals surface area contributed by atoms with Crippen molar-refractivity contribution in [3.63, 3.8) is 0 Å². The van der Waals surface area contributed by atoms with Gasteiger partial charge in [0.05, 0.1) is 5.75 Å². The molecule has 1 saturated heterocycles. The first-order valence-electron chi connectivity index (χ1n) is 9.84. The summed E-state index contributed by atoms with van der Waals surface area (Å²) in [6.07, 6.45) is 4.76. The maximum absolute atomic E-state index is 12.2. The highest BCUT2D eigenvalue weighted by atomic mass is 32.2. The third kappa shape index (κ3) is 5.48. The van der Waals surface area contributed by atoms with Crippen LogP contribution in [0.25, 0.3) is 0 Å². The predicted octanol–water partition coefficient (Wildman–Crippen LogP) is 2.79. The second-order valence-electron chi connectivity index (χ2n) is 7.46. The summed E-state index contributed by atoms with van der Waals surface area (Å²) in [7, 11) is 0. The van der Waals surface area contributed by atoms with Crippen molar-refractivity contribution in [2.24, 2.45) is 0 Å². The van der Waals surface area contributed by atoms with Crippen LogP contribution in [0.5, 0.6) is 5.75 Å². The molecule has 7 nitrogen and oxygen atoms in total. The van der Waals surface area contributed by atoms with E-state index in [1.165, 1.54) is 30.2 Å². The van der Waals surface area contributed by atoms with Crippen LogP contribution in [0.1, 0.15) is 37.1 Å². The lowest BCUT2D eigenvalue weighted by Crippen LogP contribution is -2.45. The number of hydrogen-bond donors (Lipinski definition) is 1. The lowest BCUT2D eigenvalue weighted by molar-refractivity contribution is -0.119.